The summed E-state index contributed by atoms with van der Waals surface area (Å²) in [5.41, 5.74) is 6.26. The summed E-state index contributed by atoms with van der Waals surface area (Å²) < 4.78 is 5.69. The van der Waals surface area contributed by atoms with Crippen LogP contribution in [0, 0.1) is 0 Å². The van der Waals surface area contributed by atoms with Crippen LogP contribution in [-0.2, 0) is 6.54 Å². The number of hydrogen-bond donors (Lipinski definition) is 2. The normalized spacial score (nSPS) is 14.3. The Balaban J connectivity index is 1.94. The average molecular weight is 292 g/mol. The maximum Gasteiger partial charge on any atom is 0.254 e. The SMILES string of the molecule is NCc1ccc(Cl)cc1Oc1cc(=O)[nH]c(C2CC2)n1. The zero-order valence-corrected chi connectivity index (χ0v) is 11.5. The van der Waals surface area contributed by atoms with Gasteiger partial charge in [0.1, 0.15) is 11.6 Å². The second kappa shape index (κ2) is 5.26. The summed E-state index contributed by atoms with van der Waals surface area (Å²) >= 11 is 5.95. The third kappa shape index (κ3) is 2.84. The van der Waals surface area contributed by atoms with Gasteiger partial charge in [-0.1, -0.05) is 17.7 Å². The van der Waals surface area contributed by atoms with Gasteiger partial charge in [-0.15, -0.1) is 0 Å². The highest BCUT2D eigenvalue weighted by molar-refractivity contribution is 6.30. The summed E-state index contributed by atoms with van der Waals surface area (Å²) in [6.07, 6.45) is 2.11. The van der Waals surface area contributed by atoms with Crippen LogP contribution in [0.2, 0.25) is 5.02 Å². The molecule has 0 radical (unpaired) electrons. The third-order valence-electron chi connectivity index (χ3n) is 3.16. The van der Waals surface area contributed by atoms with Crippen LogP contribution in [0.25, 0.3) is 0 Å². The summed E-state index contributed by atoms with van der Waals surface area (Å²) in [7, 11) is 0. The first-order chi connectivity index (χ1) is 9.65. The van der Waals surface area contributed by atoms with E-state index >= 15 is 0 Å². The topological polar surface area (TPSA) is 81.0 Å². The second-order valence-corrected chi connectivity index (χ2v) is 5.24. The molecule has 104 valence electrons. The van der Waals surface area contributed by atoms with Gasteiger partial charge in [0, 0.05) is 23.0 Å². The zero-order chi connectivity index (χ0) is 14.1. The minimum absolute atomic E-state index is 0.215. The van der Waals surface area contributed by atoms with E-state index in [1.54, 1.807) is 18.2 Å². The van der Waals surface area contributed by atoms with Crippen molar-refractivity contribution in [2.45, 2.75) is 25.3 Å². The summed E-state index contributed by atoms with van der Waals surface area (Å²) in [5, 5.41) is 0.546. The maximum absolute atomic E-state index is 11.6. The molecule has 5 nitrogen and oxygen atoms in total. The van der Waals surface area contributed by atoms with Gasteiger partial charge in [0.2, 0.25) is 5.88 Å². The molecular formula is C14H14ClN3O2. The third-order valence-corrected chi connectivity index (χ3v) is 3.40. The quantitative estimate of drug-likeness (QED) is 0.907. The molecule has 0 bridgehead atoms. The van der Waals surface area contributed by atoms with Crippen LogP contribution in [-0.4, -0.2) is 9.97 Å². The molecule has 3 rings (SSSR count). The Morgan fingerprint density at radius 3 is 2.90 bits per heavy atom. The van der Waals surface area contributed by atoms with Gasteiger partial charge in [0.05, 0.1) is 6.07 Å². The number of rotatable bonds is 4. The second-order valence-electron chi connectivity index (χ2n) is 4.80. The highest BCUT2D eigenvalue weighted by Crippen LogP contribution is 2.38. The number of nitrogens with one attached hydrogen (secondary N) is 1. The van der Waals surface area contributed by atoms with E-state index in [0.717, 1.165) is 18.4 Å². The molecule has 0 saturated heterocycles. The Labute approximate surface area is 120 Å². The maximum atomic E-state index is 11.6. The van der Waals surface area contributed by atoms with E-state index in [0.29, 0.717) is 29.1 Å². The van der Waals surface area contributed by atoms with Crippen LogP contribution in [0.1, 0.15) is 30.1 Å². The first kappa shape index (κ1) is 13.1. The van der Waals surface area contributed by atoms with Gasteiger partial charge in [0.25, 0.3) is 5.56 Å². The number of nitrogens with zero attached hydrogens (tertiary/aromatic N) is 1. The van der Waals surface area contributed by atoms with Crippen LogP contribution >= 0.6 is 11.6 Å². The Hall–Kier alpha value is -1.85. The van der Waals surface area contributed by atoms with Crippen molar-refractivity contribution < 1.29 is 4.74 Å². The lowest BCUT2D eigenvalue weighted by molar-refractivity contribution is 0.452. The molecule has 1 aliphatic carbocycles. The van der Waals surface area contributed by atoms with Crippen molar-refractivity contribution in [3.63, 3.8) is 0 Å². The van der Waals surface area contributed by atoms with E-state index < -0.39 is 0 Å². The molecule has 0 aliphatic heterocycles. The van der Waals surface area contributed by atoms with Gasteiger partial charge >= 0.3 is 0 Å². The number of ether oxygens (including phenoxy) is 1. The number of nitrogens with two attached hydrogens (primary N) is 1. The molecular weight excluding hydrogens is 278 g/mol. The standard InChI is InChI=1S/C14H14ClN3O2/c15-10-4-3-9(7-16)11(5-10)20-13-6-12(19)17-14(18-13)8-1-2-8/h3-6,8H,1-2,7,16H2,(H,17,18,19). The van der Waals surface area contributed by atoms with E-state index in [2.05, 4.69) is 9.97 Å². The molecule has 0 atom stereocenters. The summed E-state index contributed by atoms with van der Waals surface area (Å²) in [5.74, 6) is 1.83. The van der Waals surface area contributed by atoms with Gasteiger partial charge < -0.3 is 15.5 Å². The Kier molecular flexibility index (Phi) is 3.46. The molecule has 1 heterocycles. The lowest BCUT2D eigenvalue weighted by Crippen LogP contribution is -2.10. The first-order valence-corrected chi connectivity index (χ1v) is 6.81. The van der Waals surface area contributed by atoms with Gasteiger partial charge in [-0.2, -0.15) is 4.98 Å². The number of H-pyrrole nitrogens is 1. The number of benzene rings is 1. The first-order valence-electron chi connectivity index (χ1n) is 6.43. The number of halogens is 1. The molecule has 0 spiro atoms. The van der Waals surface area contributed by atoms with Crippen molar-refractivity contribution in [2.75, 3.05) is 0 Å². The molecule has 6 heteroatoms. The fourth-order valence-electron chi connectivity index (χ4n) is 1.96. The molecule has 1 aromatic heterocycles. The molecule has 1 aliphatic rings. The van der Waals surface area contributed by atoms with Crippen LogP contribution in [0.3, 0.4) is 0 Å². The van der Waals surface area contributed by atoms with E-state index in [9.17, 15) is 4.79 Å². The van der Waals surface area contributed by atoms with E-state index in [1.807, 2.05) is 0 Å². The molecule has 1 saturated carbocycles. The Morgan fingerprint density at radius 2 is 2.20 bits per heavy atom. The highest BCUT2D eigenvalue weighted by atomic mass is 35.5. The van der Waals surface area contributed by atoms with Gasteiger partial charge in [-0.3, -0.25) is 4.79 Å². The summed E-state index contributed by atoms with van der Waals surface area (Å²) in [4.78, 5) is 18.7. The van der Waals surface area contributed by atoms with Crippen molar-refractivity contribution in [3.8, 4) is 11.6 Å². The molecule has 2 aromatic rings. The Bertz CT molecular complexity index is 695. The van der Waals surface area contributed by atoms with E-state index in [4.69, 9.17) is 22.1 Å². The molecule has 20 heavy (non-hydrogen) atoms. The van der Waals surface area contributed by atoms with Crippen molar-refractivity contribution in [2.24, 2.45) is 5.73 Å². The van der Waals surface area contributed by atoms with Crippen molar-refractivity contribution in [1.29, 1.82) is 0 Å². The van der Waals surface area contributed by atoms with Crippen LogP contribution in [0.4, 0.5) is 0 Å². The summed E-state index contributed by atoms with van der Waals surface area (Å²) in [6.45, 7) is 0.325. The minimum Gasteiger partial charge on any atom is -0.438 e. The van der Waals surface area contributed by atoms with Gasteiger partial charge in [-0.05, 0) is 25.0 Å². The van der Waals surface area contributed by atoms with E-state index in [-0.39, 0.29) is 11.4 Å². The predicted molar refractivity (Wildman–Crippen MR) is 76.3 cm³/mol. The van der Waals surface area contributed by atoms with Crippen LogP contribution in [0.15, 0.2) is 29.1 Å². The van der Waals surface area contributed by atoms with Crippen molar-refractivity contribution in [3.05, 3.63) is 51.0 Å². The van der Waals surface area contributed by atoms with Crippen LogP contribution in [0.5, 0.6) is 11.6 Å². The number of aromatic nitrogens is 2. The monoisotopic (exact) mass is 291 g/mol. The average Bonchev–Trinajstić information content (AvgIpc) is 3.22. The molecule has 1 fully saturated rings. The number of aromatic amines is 1. The van der Waals surface area contributed by atoms with Crippen molar-refractivity contribution in [1.82, 2.24) is 9.97 Å². The highest BCUT2D eigenvalue weighted by Gasteiger charge is 2.26. The molecule has 1 aromatic carbocycles. The predicted octanol–water partition coefficient (Wildman–Crippen LogP) is 2.55. The minimum atomic E-state index is -0.215. The summed E-state index contributed by atoms with van der Waals surface area (Å²) in [6, 6.07) is 6.54. The van der Waals surface area contributed by atoms with E-state index in [1.165, 1.54) is 6.07 Å². The fourth-order valence-corrected chi connectivity index (χ4v) is 2.12. The lowest BCUT2D eigenvalue weighted by Gasteiger charge is -2.10. The Morgan fingerprint density at radius 1 is 1.40 bits per heavy atom. The van der Waals surface area contributed by atoms with Gasteiger partial charge in [-0.25, -0.2) is 0 Å². The molecule has 0 amide bonds. The van der Waals surface area contributed by atoms with Gasteiger partial charge in [0.15, 0.2) is 0 Å². The lowest BCUT2D eigenvalue weighted by atomic mass is 10.2. The number of hydrogen-bond acceptors (Lipinski definition) is 4. The van der Waals surface area contributed by atoms with Crippen molar-refractivity contribution >= 4 is 11.6 Å². The largest absolute Gasteiger partial charge is 0.438 e. The smallest absolute Gasteiger partial charge is 0.254 e. The zero-order valence-electron chi connectivity index (χ0n) is 10.7. The molecule has 3 N–H and O–H groups in total. The molecule has 0 unspecified atom stereocenters. The van der Waals surface area contributed by atoms with Crippen LogP contribution < -0.4 is 16.0 Å². The fraction of sp³-hybridized carbons (Fsp3) is 0.286.